The monoisotopic (exact) mass is 131 g/mol. The van der Waals surface area contributed by atoms with E-state index in [9.17, 15) is 0 Å². The van der Waals surface area contributed by atoms with E-state index in [0.717, 1.165) is 12.8 Å². The number of unbranched alkanes of at least 4 members (excludes halogenated alkanes) is 1. The van der Waals surface area contributed by atoms with Crippen LogP contribution >= 0.6 is 0 Å². The van der Waals surface area contributed by atoms with Gasteiger partial charge in [-0.15, -0.1) is 0 Å². The van der Waals surface area contributed by atoms with Gasteiger partial charge < -0.3 is 15.8 Å². The van der Waals surface area contributed by atoms with Gasteiger partial charge in [0.15, 0.2) is 0 Å². The van der Waals surface area contributed by atoms with E-state index in [-0.39, 0.29) is 0 Å². The van der Waals surface area contributed by atoms with Crippen LogP contribution in [-0.2, 0) is 0 Å². The minimum Gasteiger partial charge on any atom is -0.426 e. The lowest BCUT2D eigenvalue weighted by atomic mass is 9.77. The van der Waals surface area contributed by atoms with Crippen molar-refractivity contribution < 1.29 is 10.0 Å². The Bertz CT molecular complexity index is 70.0. The van der Waals surface area contributed by atoms with Crippen molar-refractivity contribution in [3.63, 3.8) is 0 Å². The zero-order valence-electron chi connectivity index (χ0n) is 5.75. The van der Waals surface area contributed by atoms with Crippen LogP contribution in [-0.4, -0.2) is 23.1 Å². The predicted octanol–water partition coefficient (Wildman–Crippen LogP) is -0.484. The second-order valence-electron chi connectivity index (χ2n) is 2.22. The minimum atomic E-state index is -1.35. The Balaban J connectivity index is 3.16. The van der Waals surface area contributed by atoms with Crippen LogP contribution < -0.4 is 5.73 Å². The van der Waals surface area contributed by atoms with Crippen molar-refractivity contribution in [2.45, 2.75) is 32.1 Å². The molecule has 0 amide bonds. The predicted molar refractivity (Wildman–Crippen MR) is 37.7 cm³/mol. The SMILES string of the molecule is CCCC[C@H](N)B(O)O. The van der Waals surface area contributed by atoms with E-state index in [4.69, 9.17) is 15.8 Å². The van der Waals surface area contributed by atoms with Gasteiger partial charge in [0, 0.05) is 5.94 Å². The minimum absolute atomic E-state index is 0.468. The fourth-order valence-corrected chi connectivity index (χ4v) is 0.589. The summed E-state index contributed by atoms with van der Waals surface area (Å²) < 4.78 is 0. The zero-order valence-corrected chi connectivity index (χ0v) is 5.75. The first-order valence-corrected chi connectivity index (χ1v) is 3.30. The van der Waals surface area contributed by atoms with Crippen molar-refractivity contribution in [2.24, 2.45) is 5.73 Å². The van der Waals surface area contributed by atoms with Gasteiger partial charge in [0.2, 0.25) is 0 Å². The highest BCUT2D eigenvalue weighted by atomic mass is 16.4. The van der Waals surface area contributed by atoms with Crippen LogP contribution in [0.5, 0.6) is 0 Å². The lowest BCUT2D eigenvalue weighted by Crippen LogP contribution is -2.38. The molecule has 9 heavy (non-hydrogen) atoms. The average Bonchev–Trinajstić information content (AvgIpc) is 1.82. The molecule has 0 aliphatic heterocycles. The second-order valence-corrected chi connectivity index (χ2v) is 2.22. The Morgan fingerprint density at radius 3 is 2.44 bits per heavy atom. The lowest BCUT2D eigenvalue weighted by molar-refractivity contribution is 0.380. The molecule has 0 bridgehead atoms. The topological polar surface area (TPSA) is 66.5 Å². The van der Waals surface area contributed by atoms with Crippen molar-refractivity contribution in [3.8, 4) is 0 Å². The maximum atomic E-state index is 8.48. The molecule has 0 unspecified atom stereocenters. The van der Waals surface area contributed by atoms with Crippen molar-refractivity contribution >= 4 is 7.12 Å². The molecule has 0 aromatic heterocycles. The third-order valence-electron chi connectivity index (χ3n) is 1.27. The summed E-state index contributed by atoms with van der Waals surface area (Å²) in [6.07, 6.45) is 2.69. The third-order valence-corrected chi connectivity index (χ3v) is 1.27. The molecule has 0 spiro atoms. The van der Waals surface area contributed by atoms with Crippen LogP contribution in [0.3, 0.4) is 0 Å². The molecule has 4 heteroatoms. The van der Waals surface area contributed by atoms with Gasteiger partial charge in [-0.2, -0.15) is 0 Å². The van der Waals surface area contributed by atoms with Crippen LogP contribution in [0, 0.1) is 0 Å². The number of hydrogen-bond donors (Lipinski definition) is 3. The van der Waals surface area contributed by atoms with Gasteiger partial charge in [-0.05, 0) is 6.42 Å². The lowest BCUT2D eigenvalue weighted by Gasteiger charge is -2.07. The summed E-state index contributed by atoms with van der Waals surface area (Å²) in [5.74, 6) is -0.468. The highest BCUT2D eigenvalue weighted by molar-refractivity contribution is 6.43. The molecular formula is C5H14BNO2. The summed E-state index contributed by atoms with van der Waals surface area (Å²) in [4.78, 5) is 0. The Hall–Kier alpha value is -0.0551. The Kier molecular flexibility index (Phi) is 4.76. The first kappa shape index (κ1) is 8.94. The molecule has 3 nitrogen and oxygen atoms in total. The van der Waals surface area contributed by atoms with E-state index in [0.29, 0.717) is 6.42 Å². The van der Waals surface area contributed by atoms with Gasteiger partial charge in [-0.25, -0.2) is 0 Å². The van der Waals surface area contributed by atoms with Crippen molar-refractivity contribution in [1.29, 1.82) is 0 Å². The molecule has 0 rings (SSSR count). The molecule has 0 radical (unpaired) electrons. The molecule has 0 aromatic rings. The maximum Gasteiger partial charge on any atom is 0.469 e. The Morgan fingerprint density at radius 2 is 2.11 bits per heavy atom. The summed E-state index contributed by atoms with van der Waals surface area (Å²) in [5.41, 5.74) is 5.30. The van der Waals surface area contributed by atoms with E-state index < -0.39 is 13.1 Å². The molecule has 0 saturated carbocycles. The summed E-state index contributed by atoms with van der Waals surface area (Å²) in [5, 5.41) is 17.0. The molecule has 0 fully saturated rings. The van der Waals surface area contributed by atoms with E-state index in [2.05, 4.69) is 0 Å². The molecule has 1 atom stereocenters. The molecule has 54 valence electrons. The molecule has 0 heterocycles. The summed E-state index contributed by atoms with van der Waals surface area (Å²) in [7, 11) is -1.35. The third kappa shape index (κ3) is 4.45. The molecule has 0 saturated heterocycles. The number of hydrogen-bond acceptors (Lipinski definition) is 3. The normalized spacial score (nSPS) is 13.3. The Labute approximate surface area is 56.0 Å². The largest absolute Gasteiger partial charge is 0.469 e. The zero-order chi connectivity index (χ0) is 7.28. The summed E-state index contributed by atoms with van der Waals surface area (Å²) in [6, 6.07) is 0. The average molecular weight is 131 g/mol. The van der Waals surface area contributed by atoms with Crippen LogP contribution in [0.25, 0.3) is 0 Å². The van der Waals surface area contributed by atoms with Crippen LogP contribution in [0.15, 0.2) is 0 Å². The van der Waals surface area contributed by atoms with Gasteiger partial charge in [0.25, 0.3) is 0 Å². The van der Waals surface area contributed by atoms with Gasteiger partial charge in [0.05, 0.1) is 0 Å². The molecule has 0 aliphatic rings. The smallest absolute Gasteiger partial charge is 0.426 e. The molecule has 0 aromatic carbocycles. The van der Waals surface area contributed by atoms with Crippen LogP contribution in [0.2, 0.25) is 0 Å². The standard InChI is InChI=1S/C5H14BNO2/c1-2-3-4-5(7)6(8)9/h5,8-9H,2-4,7H2,1H3/t5-/m0/s1. The van der Waals surface area contributed by atoms with E-state index in [1.54, 1.807) is 0 Å². The highest BCUT2D eigenvalue weighted by Gasteiger charge is 2.16. The fraction of sp³-hybridized carbons (Fsp3) is 1.00. The van der Waals surface area contributed by atoms with Gasteiger partial charge in [-0.3, -0.25) is 0 Å². The van der Waals surface area contributed by atoms with Crippen LogP contribution in [0.1, 0.15) is 26.2 Å². The van der Waals surface area contributed by atoms with Crippen molar-refractivity contribution in [3.05, 3.63) is 0 Å². The quantitative estimate of drug-likeness (QED) is 0.451. The van der Waals surface area contributed by atoms with Crippen molar-refractivity contribution in [2.75, 3.05) is 0 Å². The first-order chi connectivity index (χ1) is 4.18. The summed E-state index contributed by atoms with van der Waals surface area (Å²) in [6.45, 7) is 2.04. The van der Waals surface area contributed by atoms with E-state index in [1.807, 2.05) is 6.92 Å². The summed E-state index contributed by atoms with van der Waals surface area (Å²) >= 11 is 0. The first-order valence-electron chi connectivity index (χ1n) is 3.30. The molecule has 0 aliphatic carbocycles. The van der Waals surface area contributed by atoms with E-state index >= 15 is 0 Å². The number of rotatable bonds is 4. The van der Waals surface area contributed by atoms with Crippen LogP contribution in [0.4, 0.5) is 0 Å². The fourth-order valence-electron chi connectivity index (χ4n) is 0.589. The Morgan fingerprint density at radius 1 is 1.56 bits per heavy atom. The molecule has 4 N–H and O–H groups in total. The van der Waals surface area contributed by atoms with Gasteiger partial charge in [0.1, 0.15) is 0 Å². The van der Waals surface area contributed by atoms with Gasteiger partial charge in [-0.1, -0.05) is 19.8 Å². The molecular weight excluding hydrogens is 117 g/mol. The van der Waals surface area contributed by atoms with Gasteiger partial charge >= 0.3 is 7.12 Å². The second kappa shape index (κ2) is 4.79. The van der Waals surface area contributed by atoms with Crippen molar-refractivity contribution in [1.82, 2.24) is 0 Å². The number of nitrogens with two attached hydrogens (primary N) is 1. The maximum absolute atomic E-state index is 8.48. The highest BCUT2D eigenvalue weighted by Crippen LogP contribution is 1.97. The van der Waals surface area contributed by atoms with E-state index in [1.165, 1.54) is 0 Å².